The van der Waals surface area contributed by atoms with Crippen molar-refractivity contribution in [3.8, 4) is 11.5 Å². The molecule has 5 nitrogen and oxygen atoms in total. The number of benzene rings is 2. The number of rotatable bonds is 5. The summed E-state index contributed by atoms with van der Waals surface area (Å²) >= 11 is 0. The van der Waals surface area contributed by atoms with E-state index in [2.05, 4.69) is 9.97 Å². The Bertz CT molecular complexity index is 1100. The van der Waals surface area contributed by atoms with Crippen LogP contribution >= 0.6 is 0 Å². The van der Waals surface area contributed by atoms with Gasteiger partial charge in [0.15, 0.2) is 0 Å². The molecule has 0 aliphatic heterocycles. The number of ether oxygens (including phenoxy) is 1. The van der Waals surface area contributed by atoms with Crippen molar-refractivity contribution < 1.29 is 9.84 Å². The normalized spacial score (nSPS) is 11.3. The highest BCUT2D eigenvalue weighted by atomic mass is 16.5. The summed E-state index contributed by atoms with van der Waals surface area (Å²) in [7, 11) is 1.94. The number of hydrogen-bond donors (Lipinski definition) is 1. The van der Waals surface area contributed by atoms with Gasteiger partial charge < -0.3 is 14.4 Å². The van der Waals surface area contributed by atoms with E-state index in [1.54, 1.807) is 12.3 Å². The number of aromatic hydroxyl groups is 1. The molecule has 0 radical (unpaired) electrons. The van der Waals surface area contributed by atoms with Crippen LogP contribution in [0.1, 0.15) is 17.1 Å². The van der Waals surface area contributed by atoms with E-state index in [4.69, 9.17) is 4.74 Å². The third-order valence-electron chi connectivity index (χ3n) is 4.34. The maximum atomic E-state index is 9.94. The fourth-order valence-electron chi connectivity index (χ4n) is 2.78. The van der Waals surface area contributed by atoms with Crippen LogP contribution in [0.25, 0.3) is 23.1 Å². The molecule has 0 amide bonds. The zero-order chi connectivity index (χ0) is 18.6. The number of aromatic nitrogens is 3. The molecule has 0 saturated heterocycles. The first-order valence-corrected chi connectivity index (χ1v) is 8.65. The van der Waals surface area contributed by atoms with Crippen LogP contribution in [0, 0.1) is 0 Å². The highest BCUT2D eigenvalue weighted by Gasteiger charge is 2.02. The van der Waals surface area contributed by atoms with Crippen LogP contribution in [-0.2, 0) is 13.7 Å². The van der Waals surface area contributed by atoms with Gasteiger partial charge in [-0.25, -0.2) is 9.97 Å². The summed E-state index contributed by atoms with van der Waals surface area (Å²) in [4.78, 5) is 8.74. The maximum absolute atomic E-state index is 9.94. The minimum atomic E-state index is 0.192. The molecule has 0 saturated carbocycles. The number of phenols is 1. The first kappa shape index (κ1) is 16.8. The minimum Gasteiger partial charge on any atom is -0.506 e. The van der Waals surface area contributed by atoms with Crippen LogP contribution in [0.4, 0.5) is 0 Å². The van der Waals surface area contributed by atoms with Crippen molar-refractivity contribution in [1.82, 2.24) is 14.5 Å². The molecule has 4 rings (SSSR count). The lowest BCUT2D eigenvalue weighted by atomic mass is 10.1. The third-order valence-corrected chi connectivity index (χ3v) is 4.34. The molecule has 1 N–H and O–H groups in total. The average Bonchev–Trinajstić information content (AvgIpc) is 3.11. The second-order valence-corrected chi connectivity index (χ2v) is 6.23. The van der Waals surface area contributed by atoms with Crippen molar-refractivity contribution in [1.29, 1.82) is 0 Å². The molecule has 0 bridgehead atoms. The van der Waals surface area contributed by atoms with Gasteiger partial charge in [-0.1, -0.05) is 36.4 Å². The smallest absolute Gasteiger partial charge is 0.146 e. The molecule has 0 atom stereocenters. The molecule has 134 valence electrons. The Morgan fingerprint density at radius 2 is 1.89 bits per heavy atom. The lowest BCUT2D eigenvalue weighted by Crippen LogP contribution is -2.02. The average molecular weight is 357 g/mol. The summed E-state index contributed by atoms with van der Waals surface area (Å²) in [6, 6.07) is 17.1. The molecular weight excluding hydrogens is 338 g/mol. The Morgan fingerprint density at radius 3 is 2.67 bits per heavy atom. The molecule has 27 heavy (non-hydrogen) atoms. The van der Waals surface area contributed by atoms with Gasteiger partial charge in [0.05, 0.1) is 5.69 Å². The fraction of sp³-hybridized carbons (Fsp3) is 0.0909. The highest BCUT2D eigenvalue weighted by molar-refractivity contribution is 5.85. The van der Waals surface area contributed by atoms with Crippen molar-refractivity contribution in [2.24, 2.45) is 7.05 Å². The number of nitrogens with zero attached hydrogens (tertiary/aromatic N) is 3. The number of aryl methyl sites for hydroxylation is 1. The van der Waals surface area contributed by atoms with E-state index in [1.807, 2.05) is 78.5 Å². The fourth-order valence-corrected chi connectivity index (χ4v) is 2.78. The number of pyridine rings is 1. The van der Waals surface area contributed by atoms with E-state index in [1.165, 1.54) is 0 Å². The number of hydrogen-bond acceptors (Lipinski definition) is 4. The molecule has 4 aromatic rings. The second-order valence-electron chi connectivity index (χ2n) is 6.23. The summed E-state index contributed by atoms with van der Waals surface area (Å²) < 4.78 is 7.70. The summed E-state index contributed by atoms with van der Waals surface area (Å²) in [6.07, 6.45) is 7.56. The minimum absolute atomic E-state index is 0.192. The van der Waals surface area contributed by atoms with Crippen LogP contribution < -0.4 is 4.74 Å². The number of phenolic OH excluding ortho intramolecular Hbond substituents is 1. The molecule has 0 unspecified atom stereocenters. The van der Waals surface area contributed by atoms with Gasteiger partial charge in [-0.05, 0) is 35.9 Å². The van der Waals surface area contributed by atoms with E-state index >= 15 is 0 Å². The molecule has 5 heteroatoms. The van der Waals surface area contributed by atoms with Gasteiger partial charge in [0, 0.05) is 24.8 Å². The Labute approximate surface area is 157 Å². The molecule has 0 aliphatic carbocycles. The largest absolute Gasteiger partial charge is 0.506 e. The molecule has 2 aromatic heterocycles. The first-order valence-electron chi connectivity index (χ1n) is 8.65. The first-order chi connectivity index (χ1) is 13.2. The number of para-hydroxylation sites is 1. The standard InChI is InChI=1S/C22H19N3O2/c1-25-14-13-23-21(25)15-27-19-11-6-16(7-12-19)5-9-18-10-8-17-3-2-4-20(26)22(17)24-18/h2-14,26H,15H2,1H3/b9-5+. The summed E-state index contributed by atoms with van der Waals surface area (Å²) in [5, 5.41) is 10.9. The lowest BCUT2D eigenvalue weighted by Gasteiger charge is -2.06. The van der Waals surface area contributed by atoms with E-state index in [0.29, 0.717) is 12.1 Å². The zero-order valence-corrected chi connectivity index (χ0v) is 14.9. The Balaban J connectivity index is 1.45. The molecule has 0 aliphatic rings. The van der Waals surface area contributed by atoms with Gasteiger partial charge in [-0.3, -0.25) is 0 Å². The van der Waals surface area contributed by atoms with Crippen molar-refractivity contribution in [2.75, 3.05) is 0 Å². The van der Waals surface area contributed by atoms with E-state index in [0.717, 1.165) is 28.2 Å². The molecule has 0 spiro atoms. The molecule has 0 fully saturated rings. The Hall–Kier alpha value is -3.60. The van der Waals surface area contributed by atoms with Gasteiger partial charge in [-0.2, -0.15) is 0 Å². The van der Waals surface area contributed by atoms with Crippen LogP contribution in [-0.4, -0.2) is 19.6 Å². The summed E-state index contributed by atoms with van der Waals surface area (Å²) in [5.74, 6) is 1.87. The third kappa shape index (κ3) is 3.82. The highest BCUT2D eigenvalue weighted by Crippen LogP contribution is 2.23. The summed E-state index contributed by atoms with van der Waals surface area (Å²) in [6.45, 7) is 0.434. The van der Waals surface area contributed by atoms with E-state index < -0.39 is 0 Å². The van der Waals surface area contributed by atoms with Crippen LogP contribution in [0.2, 0.25) is 0 Å². The van der Waals surface area contributed by atoms with Gasteiger partial charge >= 0.3 is 0 Å². The van der Waals surface area contributed by atoms with Gasteiger partial charge in [-0.15, -0.1) is 0 Å². The van der Waals surface area contributed by atoms with Gasteiger partial charge in [0.2, 0.25) is 0 Å². The molecule has 2 heterocycles. The predicted molar refractivity (Wildman–Crippen MR) is 106 cm³/mol. The lowest BCUT2D eigenvalue weighted by molar-refractivity contribution is 0.292. The van der Waals surface area contributed by atoms with E-state index in [-0.39, 0.29) is 5.75 Å². The number of fused-ring (bicyclic) bond motifs is 1. The van der Waals surface area contributed by atoms with Crippen LogP contribution in [0.5, 0.6) is 11.5 Å². The van der Waals surface area contributed by atoms with Crippen molar-refractivity contribution in [3.05, 3.63) is 84.1 Å². The van der Waals surface area contributed by atoms with Crippen LogP contribution in [0.3, 0.4) is 0 Å². The van der Waals surface area contributed by atoms with E-state index in [9.17, 15) is 5.11 Å². The van der Waals surface area contributed by atoms with Crippen LogP contribution in [0.15, 0.2) is 67.0 Å². The van der Waals surface area contributed by atoms with Crippen molar-refractivity contribution in [3.63, 3.8) is 0 Å². The topological polar surface area (TPSA) is 60.2 Å². The summed E-state index contributed by atoms with van der Waals surface area (Å²) in [5.41, 5.74) is 2.44. The van der Waals surface area contributed by atoms with Gasteiger partial charge in [0.1, 0.15) is 29.4 Å². The predicted octanol–water partition coefficient (Wildman–Crippen LogP) is 4.42. The quantitative estimate of drug-likeness (QED) is 0.574. The van der Waals surface area contributed by atoms with Crippen molar-refractivity contribution >= 4 is 23.1 Å². The molecule has 2 aromatic carbocycles. The Kier molecular flexibility index (Phi) is 4.58. The van der Waals surface area contributed by atoms with Gasteiger partial charge in [0.25, 0.3) is 0 Å². The maximum Gasteiger partial charge on any atom is 0.146 e. The molecular formula is C22H19N3O2. The number of imidazole rings is 1. The second kappa shape index (κ2) is 7.33. The SMILES string of the molecule is Cn1ccnc1COc1ccc(/C=C/c2ccc3cccc(O)c3n2)cc1. The zero-order valence-electron chi connectivity index (χ0n) is 14.9. The monoisotopic (exact) mass is 357 g/mol. The Morgan fingerprint density at radius 1 is 1.04 bits per heavy atom. The van der Waals surface area contributed by atoms with Crippen molar-refractivity contribution in [2.45, 2.75) is 6.61 Å².